The van der Waals surface area contributed by atoms with Crippen LogP contribution in [-0.2, 0) is 16.8 Å². The third-order valence-corrected chi connectivity index (χ3v) is 7.96. The molecule has 3 aliphatic rings. The molecule has 0 saturated heterocycles. The highest BCUT2D eigenvalue weighted by atomic mass is 19.3. The first kappa shape index (κ1) is 25.5. The van der Waals surface area contributed by atoms with E-state index in [0.717, 1.165) is 35.3 Å². The topological polar surface area (TPSA) is 84.7 Å². The van der Waals surface area contributed by atoms with Gasteiger partial charge < -0.3 is 20.7 Å². The molecule has 4 rings (SSSR count). The van der Waals surface area contributed by atoms with Gasteiger partial charge in [-0.25, -0.2) is 13.6 Å². The number of amides is 3. The fraction of sp³-hybridized carbons (Fsp3) is 0.630. The summed E-state index contributed by atoms with van der Waals surface area (Å²) >= 11 is 0. The number of halogens is 2. The van der Waals surface area contributed by atoms with Gasteiger partial charge in [0.25, 0.3) is 0 Å². The van der Waals surface area contributed by atoms with Crippen LogP contribution in [0.15, 0.2) is 30.0 Å². The van der Waals surface area contributed by atoms with Crippen LogP contribution in [0.25, 0.3) is 0 Å². The summed E-state index contributed by atoms with van der Waals surface area (Å²) in [4.78, 5) is 26.3. The lowest BCUT2D eigenvalue weighted by molar-refractivity contribution is -0.125. The molecule has 0 bridgehead atoms. The van der Waals surface area contributed by atoms with Crippen molar-refractivity contribution in [1.29, 1.82) is 0 Å². The predicted octanol–water partition coefficient (Wildman–Crippen LogP) is 4.96. The molecule has 3 N–H and O–H groups in total. The molecule has 2 fully saturated rings. The van der Waals surface area contributed by atoms with Crippen molar-refractivity contribution in [3.63, 3.8) is 0 Å². The number of nitrogens with zero attached hydrogens (tertiary/aromatic N) is 1. The van der Waals surface area contributed by atoms with Crippen LogP contribution in [0.3, 0.4) is 0 Å². The molecule has 0 unspecified atom stereocenters. The summed E-state index contributed by atoms with van der Waals surface area (Å²) in [5.41, 5.74) is 7.68. The number of ether oxygens (including phenoxy) is 1. The molecule has 2 aliphatic carbocycles. The lowest BCUT2D eigenvalue weighted by Crippen LogP contribution is -2.57. The summed E-state index contributed by atoms with van der Waals surface area (Å²) < 4.78 is 32.5. The van der Waals surface area contributed by atoms with Crippen LogP contribution in [0.1, 0.15) is 64.0 Å². The van der Waals surface area contributed by atoms with Crippen molar-refractivity contribution in [2.24, 2.45) is 29.4 Å². The summed E-state index contributed by atoms with van der Waals surface area (Å²) in [6.45, 7) is 6.59. The van der Waals surface area contributed by atoms with Gasteiger partial charge in [0.2, 0.25) is 11.8 Å². The SMILES string of the molecule is COc1cc([C@]2(C)NC(=O)N(CC3CC(F)(F)C3)C=C2C2CC(C(N)=O)C2)ccc1CCC(C)C. The third-order valence-electron chi connectivity index (χ3n) is 7.96. The van der Waals surface area contributed by atoms with Crippen LogP contribution in [0.5, 0.6) is 5.75 Å². The second-order valence-electron chi connectivity index (χ2n) is 11.1. The van der Waals surface area contributed by atoms with E-state index in [-0.39, 0.29) is 49.1 Å². The number of carbonyl (C=O) groups is 2. The number of benzene rings is 1. The number of rotatable bonds is 9. The molecule has 3 amide bonds. The first-order chi connectivity index (χ1) is 16.4. The first-order valence-corrected chi connectivity index (χ1v) is 12.6. The molecule has 0 spiro atoms. The number of nitrogens with one attached hydrogen (secondary N) is 1. The fourth-order valence-corrected chi connectivity index (χ4v) is 5.60. The van der Waals surface area contributed by atoms with Crippen LogP contribution in [0.4, 0.5) is 13.6 Å². The molecule has 2 saturated carbocycles. The maximum Gasteiger partial charge on any atom is 0.322 e. The van der Waals surface area contributed by atoms with E-state index in [1.54, 1.807) is 7.11 Å². The largest absolute Gasteiger partial charge is 0.496 e. The lowest BCUT2D eigenvalue weighted by Gasteiger charge is -2.48. The van der Waals surface area contributed by atoms with Gasteiger partial charge in [0.1, 0.15) is 5.75 Å². The summed E-state index contributed by atoms with van der Waals surface area (Å²) in [6.07, 6.45) is 4.61. The molecule has 1 heterocycles. The standard InChI is InChI=1S/C27H37F2N3O3/c1-16(2)5-6-18-7-8-21(11-23(18)35-4)26(3)22(19-9-20(10-19)24(30)33)15-32(25(34)31-26)14-17-12-27(28,29)13-17/h7-8,11,15-17,19-20H,5-6,9-10,12-14H2,1-4H3,(H2,30,33)(H,31,34)/t19?,20?,26-/m0/s1. The maximum atomic E-state index is 13.4. The van der Waals surface area contributed by atoms with Gasteiger partial charge >= 0.3 is 6.03 Å². The zero-order chi connectivity index (χ0) is 25.5. The average molecular weight is 490 g/mol. The molecule has 6 nitrogen and oxygen atoms in total. The minimum Gasteiger partial charge on any atom is -0.496 e. The van der Waals surface area contributed by atoms with E-state index >= 15 is 0 Å². The third kappa shape index (κ3) is 5.16. The van der Waals surface area contributed by atoms with Gasteiger partial charge in [-0.3, -0.25) is 4.79 Å². The van der Waals surface area contributed by atoms with Crippen molar-refractivity contribution in [3.8, 4) is 5.75 Å². The minimum atomic E-state index is -2.63. The molecular weight excluding hydrogens is 452 g/mol. The highest BCUT2D eigenvalue weighted by molar-refractivity contribution is 5.80. The number of aryl methyl sites for hydroxylation is 1. The molecule has 1 aliphatic heterocycles. The van der Waals surface area contributed by atoms with Crippen molar-refractivity contribution >= 4 is 11.9 Å². The van der Waals surface area contributed by atoms with Crippen LogP contribution < -0.4 is 15.8 Å². The molecule has 192 valence electrons. The van der Waals surface area contributed by atoms with E-state index in [1.165, 1.54) is 4.90 Å². The number of carbonyl (C=O) groups excluding carboxylic acids is 2. The number of alkyl halides is 2. The minimum absolute atomic E-state index is 0.0649. The van der Waals surface area contributed by atoms with E-state index in [0.29, 0.717) is 18.8 Å². The van der Waals surface area contributed by atoms with Crippen molar-refractivity contribution < 1.29 is 23.1 Å². The Kier molecular flexibility index (Phi) is 6.86. The van der Waals surface area contributed by atoms with Crippen LogP contribution in [-0.4, -0.2) is 36.4 Å². The number of primary amides is 1. The van der Waals surface area contributed by atoms with Gasteiger partial charge in [0.15, 0.2) is 0 Å². The zero-order valence-corrected chi connectivity index (χ0v) is 21.1. The summed E-state index contributed by atoms with van der Waals surface area (Å²) in [5, 5.41) is 3.16. The molecule has 0 radical (unpaired) electrons. The van der Waals surface area contributed by atoms with Gasteiger partial charge in [0, 0.05) is 31.5 Å². The lowest BCUT2D eigenvalue weighted by atomic mass is 9.64. The zero-order valence-electron chi connectivity index (χ0n) is 21.1. The quantitative estimate of drug-likeness (QED) is 0.514. The Morgan fingerprint density at radius 2 is 1.97 bits per heavy atom. The summed E-state index contributed by atoms with van der Waals surface area (Å²) in [6, 6.07) is 5.76. The van der Waals surface area contributed by atoms with Gasteiger partial charge in [-0.2, -0.15) is 0 Å². The second-order valence-corrected chi connectivity index (χ2v) is 11.1. The second kappa shape index (κ2) is 9.43. The van der Waals surface area contributed by atoms with E-state index in [2.05, 4.69) is 25.2 Å². The van der Waals surface area contributed by atoms with E-state index in [4.69, 9.17) is 10.5 Å². The Hall–Kier alpha value is -2.64. The Morgan fingerprint density at radius 3 is 2.54 bits per heavy atom. The smallest absolute Gasteiger partial charge is 0.322 e. The molecule has 1 aromatic rings. The Labute approximate surface area is 206 Å². The van der Waals surface area contributed by atoms with E-state index < -0.39 is 11.5 Å². The number of nitrogens with two attached hydrogens (primary N) is 1. The molecule has 0 aromatic heterocycles. The number of urea groups is 1. The molecule has 1 atom stereocenters. The van der Waals surface area contributed by atoms with E-state index in [1.807, 2.05) is 25.3 Å². The fourth-order valence-electron chi connectivity index (χ4n) is 5.60. The Balaban J connectivity index is 1.64. The maximum absolute atomic E-state index is 13.4. The van der Waals surface area contributed by atoms with Crippen molar-refractivity contribution in [3.05, 3.63) is 41.1 Å². The van der Waals surface area contributed by atoms with Crippen LogP contribution in [0, 0.1) is 23.7 Å². The average Bonchev–Trinajstić information content (AvgIpc) is 2.72. The molecule has 1 aromatic carbocycles. The summed E-state index contributed by atoms with van der Waals surface area (Å²) in [7, 11) is 1.65. The van der Waals surface area contributed by atoms with Crippen molar-refractivity contribution in [2.75, 3.05) is 13.7 Å². The van der Waals surface area contributed by atoms with Crippen molar-refractivity contribution in [1.82, 2.24) is 10.2 Å². The van der Waals surface area contributed by atoms with Gasteiger partial charge in [-0.1, -0.05) is 26.0 Å². The molecule has 35 heavy (non-hydrogen) atoms. The van der Waals surface area contributed by atoms with Crippen molar-refractivity contribution in [2.45, 2.75) is 70.8 Å². The normalized spacial score (nSPS) is 28.1. The van der Waals surface area contributed by atoms with Gasteiger partial charge in [-0.15, -0.1) is 0 Å². The molecule has 8 heteroatoms. The number of methoxy groups -OCH3 is 1. The Bertz CT molecular complexity index is 1010. The van der Waals surface area contributed by atoms with E-state index in [9.17, 15) is 18.4 Å². The van der Waals surface area contributed by atoms with Crippen LogP contribution >= 0.6 is 0 Å². The number of hydrogen-bond acceptors (Lipinski definition) is 3. The highest BCUT2D eigenvalue weighted by Gasteiger charge is 2.49. The van der Waals surface area contributed by atoms with Gasteiger partial charge in [0.05, 0.1) is 12.6 Å². The monoisotopic (exact) mass is 489 g/mol. The first-order valence-electron chi connectivity index (χ1n) is 12.6. The number of hydrogen-bond donors (Lipinski definition) is 2. The highest BCUT2D eigenvalue weighted by Crippen LogP contribution is 2.49. The van der Waals surface area contributed by atoms with Crippen LogP contribution in [0.2, 0.25) is 0 Å². The predicted molar refractivity (Wildman–Crippen MR) is 130 cm³/mol. The Morgan fingerprint density at radius 1 is 1.29 bits per heavy atom. The van der Waals surface area contributed by atoms with Gasteiger partial charge in [-0.05, 0) is 73.1 Å². The summed E-state index contributed by atoms with van der Waals surface area (Å²) in [5.74, 6) is -1.94. The molecular formula is C27H37F2N3O3.